The third kappa shape index (κ3) is 2.17. The van der Waals surface area contributed by atoms with E-state index in [9.17, 15) is 4.79 Å². The van der Waals surface area contributed by atoms with Gasteiger partial charge < -0.3 is 14.2 Å². The molecule has 5 nitrogen and oxygen atoms in total. The van der Waals surface area contributed by atoms with Gasteiger partial charge in [0, 0.05) is 12.1 Å². The number of methoxy groups -OCH3 is 3. The van der Waals surface area contributed by atoms with Crippen LogP contribution in [-0.4, -0.2) is 27.4 Å². The normalized spacial score (nSPS) is 15.9. The highest BCUT2D eigenvalue weighted by atomic mass is 16.5. The lowest BCUT2D eigenvalue weighted by Crippen LogP contribution is -2.32. The Labute approximate surface area is 112 Å². The zero-order chi connectivity index (χ0) is 13.9. The first kappa shape index (κ1) is 13.4. The first-order valence-corrected chi connectivity index (χ1v) is 6.10. The molecule has 1 aromatic rings. The maximum absolute atomic E-state index is 10.7. The van der Waals surface area contributed by atoms with Crippen molar-refractivity contribution >= 4 is 6.08 Å². The van der Waals surface area contributed by atoms with E-state index in [1.54, 1.807) is 39.5 Å². The average molecular weight is 263 g/mol. The van der Waals surface area contributed by atoms with Crippen LogP contribution in [-0.2, 0) is 10.3 Å². The molecule has 0 aliphatic heterocycles. The van der Waals surface area contributed by atoms with Crippen molar-refractivity contribution in [3.8, 4) is 17.2 Å². The van der Waals surface area contributed by atoms with E-state index >= 15 is 0 Å². The molecule has 0 bridgehead atoms. The molecule has 1 fully saturated rings. The number of aliphatic imine (C=N–C) groups is 1. The monoisotopic (exact) mass is 263 g/mol. The van der Waals surface area contributed by atoms with E-state index in [2.05, 4.69) is 4.99 Å². The summed E-state index contributed by atoms with van der Waals surface area (Å²) in [7, 11) is 4.74. The lowest BCUT2D eigenvalue weighted by atomic mass is 9.71. The third-order valence-electron chi connectivity index (χ3n) is 3.62. The van der Waals surface area contributed by atoms with Crippen molar-refractivity contribution in [3.05, 3.63) is 17.7 Å². The molecule has 1 saturated carbocycles. The highest BCUT2D eigenvalue weighted by Gasteiger charge is 2.43. The largest absolute Gasteiger partial charge is 0.496 e. The molecule has 0 spiro atoms. The molecule has 102 valence electrons. The molecule has 0 aromatic heterocycles. The van der Waals surface area contributed by atoms with Crippen molar-refractivity contribution in [1.29, 1.82) is 0 Å². The minimum absolute atomic E-state index is 0.565. The molecule has 19 heavy (non-hydrogen) atoms. The lowest BCUT2D eigenvalue weighted by molar-refractivity contribution is 0.235. The van der Waals surface area contributed by atoms with Gasteiger partial charge in [-0.2, -0.15) is 4.99 Å². The number of hydrogen-bond acceptors (Lipinski definition) is 5. The average Bonchev–Trinajstić information content (AvgIpc) is 2.41. The van der Waals surface area contributed by atoms with Gasteiger partial charge in [0.1, 0.15) is 22.8 Å². The van der Waals surface area contributed by atoms with Crippen molar-refractivity contribution in [3.63, 3.8) is 0 Å². The summed E-state index contributed by atoms with van der Waals surface area (Å²) in [6.45, 7) is 0. The molecule has 0 radical (unpaired) electrons. The maximum Gasteiger partial charge on any atom is 0.235 e. The van der Waals surface area contributed by atoms with E-state index in [0.717, 1.165) is 24.8 Å². The van der Waals surface area contributed by atoms with Crippen molar-refractivity contribution in [2.75, 3.05) is 21.3 Å². The van der Waals surface area contributed by atoms with Crippen LogP contribution in [0, 0.1) is 0 Å². The van der Waals surface area contributed by atoms with Crippen LogP contribution in [0.1, 0.15) is 24.8 Å². The number of isocyanates is 1. The smallest absolute Gasteiger partial charge is 0.235 e. The Morgan fingerprint density at radius 3 is 2.00 bits per heavy atom. The van der Waals surface area contributed by atoms with Crippen LogP contribution >= 0.6 is 0 Å². The minimum atomic E-state index is -0.565. The van der Waals surface area contributed by atoms with Crippen LogP contribution < -0.4 is 14.2 Å². The number of ether oxygens (including phenoxy) is 3. The Hall–Kier alpha value is -2.00. The highest BCUT2D eigenvalue weighted by molar-refractivity contribution is 5.56. The summed E-state index contributed by atoms with van der Waals surface area (Å²) in [6, 6.07) is 3.55. The van der Waals surface area contributed by atoms with E-state index in [1.165, 1.54) is 0 Å². The summed E-state index contributed by atoms with van der Waals surface area (Å²) < 4.78 is 16.0. The molecule has 0 N–H and O–H groups in total. The second-order valence-electron chi connectivity index (χ2n) is 4.50. The molecule has 1 aliphatic carbocycles. The second kappa shape index (κ2) is 5.33. The maximum atomic E-state index is 10.7. The van der Waals surface area contributed by atoms with Gasteiger partial charge in [-0.25, -0.2) is 4.79 Å². The molecule has 1 aromatic carbocycles. The fourth-order valence-corrected chi connectivity index (χ4v) is 2.48. The standard InChI is InChI=1S/C14H17NO4/c1-17-10-7-11(18-2)13(12(8-10)19-3)14(15-9-16)5-4-6-14/h7-8H,4-6H2,1-3H3. The molecule has 0 atom stereocenters. The minimum Gasteiger partial charge on any atom is -0.496 e. The van der Waals surface area contributed by atoms with Gasteiger partial charge in [-0.1, -0.05) is 0 Å². The predicted molar refractivity (Wildman–Crippen MR) is 69.7 cm³/mol. The molecular formula is C14H17NO4. The first-order chi connectivity index (χ1) is 9.20. The molecule has 0 amide bonds. The zero-order valence-electron chi connectivity index (χ0n) is 11.4. The van der Waals surface area contributed by atoms with E-state index in [-0.39, 0.29) is 0 Å². The summed E-state index contributed by atoms with van der Waals surface area (Å²) in [5, 5.41) is 0. The van der Waals surface area contributed by atoms with Crippen molar-refractivity contribution < 1.29 is 19.0 Å². The number of rotatable bonds is 5. The Balaban J connectivity index is 2.63. The topological polar surface area (TPSA) is 57.1 Å². The third-order valence-corrected chi connectivity index (χ3v) is 3.62. The zero-order valence-corrected chi connectivity index (χ0v) is 11.4. The predicted octanol–water partition coefficient (Wildman–Crippen LogP) is 2.43. The second-order valence-corrected chi connectivity index (χ2v) is 4.50. The SMILES string of the molecule is COc1cc(OC)c(C2(N=C=O)CCC2)c(OC)c1. The molecule has 1 aliphatic rings. The Morgan fingerprint density at radius 2 is 1.68 bits per heavy atom. The van der Waals surface area contributed by atoms with Crippen molar-refractivity contribution in [2.45, 2.75) is 24.8 Å². The van der Waals surface area contributed by atoms with Gasteiger partial charge in [-0.3, -0.25) is 0 Å². The summed E-state index contributed by atoms with van der Waals surface area (Å²) in [5.41, 5.74) is 0.234. The summed E-state index contributed by atoms with van der Waals surface area (Å²) in [5.74, 6) is 1.88. The molecule has 0 saturated heterocycles. The quantitative estimate of drug-likeness (QED) is 0.604. The lowest BCUT2D eigenvalue weighted by Gasteiger charge is -2.38. The summed E-state index contributed by atoms with van der Waals surface area (Å²) >= 11 is 0. The Bertz CT molecular complexity index is 491. The number of carbonyl (C=O) groups excluding carboxylic acids is 1. The summed E-state index contributed by atoms with van der Waals surface area (Å²) in [6.07, 6.45) is 4.28. The molecule has 5 heteroatoms. The summed E-state index contributed by atoms with van der Waals surface area (Å²) in [4.78, 5) is 14.7. The van der Waals surface area contributed by atoms with Crippen LogP contribution in [0.25, 0.3) is 0 Å². The Morgan fingerprint density at radius 1 is 1.11 bits per heavy atom. The van der Waals surface area contributed by atoms with E-state index in [4.69, 9.17) is 14.2 Å². The van der Waals surface area contributed by atoms with Crippen LogP contribution in [0.4, 0.5) is 0 Å². The van der Waals surface area contributed by atoms with Crippen LogP contribution in [0.3, 0.4) is 0 Å². The van der Waals surface area contributed by atoms with E-state index in [0.29, 0.717) is 17.2 Å². The van der Waals surface area contributed by atoms with Gasteiger partial charge >= 0.3 is 0 Å². The van der Waals surface area contributed by atoms with Crippen molar-refractivity contribution in [2.24, 2.45) is 4.99 Å². The fourth-order valence-electron chi connectivity index (χ4n) is 2.48. The number of nitrogens with zero attached hydrogens (tertiary/aromatic N) is 1. The number of hydrogen-bond donors (Lipinski definition) is 0. The molecule has 0 heterocycles. The number of benzene rings is 1. The van der Waals surface area contributed by atoms with Crippen LogP contribution in [0.15, 0.2) is 17.1 Å². The Kier molecular flexibility index (Phi) is 3.76. The van der Waals surface area contributed by atoms with Gasteiger partial charge in [-0.05, 0) is 19.3 Å². The fraction of sp³-hybridized carbons (Fsp3) is 0.500. The van der Waals surface area contributed by atoms with Gasteiger partial charge in [0.15, 0.2) is 0 Å². The van der Waals surface area contributed by atoms with Crippen LogP contribution in [0.5, 0.6) is 17.2 Å². The highest BCUT2D eigenvalue weighted by Crippen LogP contribution is 2.52. The van der Waals surface area contributed by atoms with Gasteiger partial charge in [0.25, 0.3) is 0 Å². The van der Waals surface area contributed by atoms with E-state index < -0.39 is 5.54 Å². The van der Waals surface area contributed by atoms with Gasteiger partial charge in [-0.15, -0.1) is 0 Å². The molecule has 2 rings (SSSR count). The van der Waals surface area contributed by atoms with Crippen molar-refractivity contribution in [1.82, 2.24) is 0 Å². The van der Waals surface area contributed by atoms with E-state index in [1.807, 2.05) is 0 Å². The molecule has 0 unspecified atom stereocenters. The van der Waals surface area contributed by atoms with Gasteiger partial charge in [0.05, 0.1) is 26.9 Å². The van der Waals surface area contributed by atoms with Gasteiger partial charge in [0.2, 0.25) is 6.08 Å². The first-order valence-electron chi connectivity index (χ1n) is 6.10. The van der Waals surface area contributed by atoms with Crippen LogP contribution in [0.2, 0.25) is 0 Å². The molecular weight excluding hydrogens is 246 g/mol.